The highest BCUT2D eigenvalue weighted by atomic mass is 16.5. The molecule has 2 aromatic rings. The number of ether oxygens (including phenoxy) is 2. The largest absolute Gasteiger partial charge is 0.494 e. The third kappa shape index (κ3) is 5.13. The molecule has 0 aliphatic carbocycles. The summed E-state index contributed by atoms with van der Waals surface area (Å²) in [5, 5.41) is 0. The summed E-state index contributed by atoms with van der Waals surface area (Å²) in [5.41, 5.74) is 2.53. The molecule has 0 fully saturated rings. The molecule has 2 rings (SSSR count). The summed E-state index contributed by atoms with van der Waals surface area (Å²) < 4.78 is 11.1. The number of unbranched alkanes of at least 4 members (excludes halogenated alkanes) is 2. The number of esters is 1. The van der Waals surface area contributed by atoms with E-state index in [4.69, 9.17) is 9.47 Å². The number of hydrogen-bond donors (Lipinski definition) is 0. The molecule has 122 valence electrons. The SMILES string of the molecule is CCCCCOc1ccc(C(=O)Oc2cc(C)ccc2C)cc1. The Morgan fingerprint density at radius 3 is 2.43 bits per heavy atom. The molecule has 3 nitrogen and oxygen atoms in total. The van der Waals surface area contributed by atoms with Gasteiger partial charge in [-0.3, -0.25) is 0 Å². The number of benzene rings is 2. The van der Waals surface area contributed by atoms with Gasteiger partial charge in [-0.15, -0.1) is 0 Å². The summed E-state index contributed by atoms with van der Waals surface area (Å²) in [6.45, 7) is 6.77. The van der Waals surface area contributed by atoms with Gasteiger partial charge in [-0.05, 0) is 61.7 Å². The molecular formula is C20H24O3. The molecule has 0 saturated heterocycles. The maximum absolute atomic E-state index is 12.2. The van der Waals surface area contributed by atoms with Crippen molar-refractivity contribution in [2.75, 3.05) is 6.61 Å². The van der Waals surface area contributed by atoms with Crippen molar-refractivity contribution < 1.29 is 14.3 Å². The van der Waals surface area contributed by atoms with Crippen LogP contribution in [-0.4, -0.2) is 12.6 Å². The van der Waals surface area contributed by atoms with E-state index in [1.165, 1.54) is 12.8 Å². The lowest BCUT2D eigenvalue weighted by Gasteiger charge is -2.09. The van der Waals surface area contributed by atoms with Gasteiger partial charge in [0.25, 0.3) is 0 Å². The van der Waals surface area contributed by atoms with Crippen LogP contribution in [0.5, 0.6) is 11.5 Å². The Bertz CT molecular complexity index is 644. The fourth-order valence-corrected chi connectivity index (χ4v) is 2.21. The van der Waals surface area contributed by atoms with Gasteiger partial charge < -0.3 is 9.47 Å². The summed E-state index contributed by atoms with van der Waals surface area (Å²) in [7, 11) is 0. The van der Waals surface area contributed by atoms with E-state index in [0.29, 0.717) is 17.9 Å². The second-order valence-electron chi connectivity index (χ2n) is 5.74. The molecule has 0 aromatic heterocycles. The highest BCUT2D eigenvalue weighted by Gasteiger charge is 2.10. The average Bonchev–Trinajstić information content (AvgIpc) is 2.55. The van der Waals surface area contributed by atoms with E-state index in [-0.39, 0.29) is 5.97 Å². The van der Waals surface area contributed by atoms with E-state index in [9.17, 15) is 4.79 Å². The molecule has 0 heterocycles. The Hall–Kier alpha value is -2.29. The van der Waals surface area contributed by atoms with E-state index in [2.05, 4.69) is 6.92 Å². The molecule has 0 unspecified atom stereocenters. The van der Waals surface area contributed by atoms with Crippen molar-refractivity contribution in [2.45, 2.75) is 40.0 Å². The predicted molar refractivity (Wildman–Crippen MR) is 92.3 cm³/mol. The van der Waals surface area contributed by atoms with Crippen LogP contribution in [0.2, 0.25) is 0 Å². The second-order valence-corrected chi connectivity index (χ2v) is 5.74. The molecular weight excluding hydrogens is 288 g/mol. The van der Waals surface area contributed by atoms with Crippen LogP contribution in [0.1, 0.15) is 47.7 Å². The Labute approximate surface area is 138 Å². The Morgan fingerprint density at radius 1 is 1.00 bits per heavy atom. The van der Waals surface area contributed by atoms with E-state index in [0.717, 1.165) is 23.3 Å². The summed E-state index contributed by atoms with van der Waals surface area (Å²) in [4.78, 5) is 12.2. The van der Waals surface area contributed by atoms with Gasteiger partial charge in [-0.1, -0.05) is 31.9 Å². The third-order valence-corrected chi connectivity index (χ3v) is 3.65. The van der Waals surface area contributed by atoms with Crippen LogP contribution in [0.3, 0.4) is 0 Å². The summed E-state index contributed by atoms with van der Waals surface area (Å²) >= 11 is 0. The van der Waals surface area contributed by atoms with Crippen molar-refractivity contribution in [3.63, 3.8) is 0 Å². The van der Waals surface area contributed by atoms with Gasteiger partial charge in [-0.25, -0.2) is 4.79 Å². The minimum absolute atomic E-state index is 0.351. The Morgan fingerprint density at radius 2 is 1.74 bits per heavy atom. The first-order valence-electron chi connectivity index (χ1n) is 8.12. The molecule has 3 heteroatoms. The number of hydrogen-bond acceptors (Lipinski definition) is 3. The van der Waals surface area contributed by atoms with Crippen LogP contribution in [0.15, 0.2) is 42.5 Å². The molecule has 0 atom stereocenters. The highest BCUT2D eigenvalue weighted by molar-refractivity contribution is 5.91. The zero-order valence-electron chi connectivity index (χ0n) is 14.1. The van der Waals surface area contributed by atoms with Crippen LogP contribution in [0, 0.1) is 13.8 Å². The van der Waals surface area contributed by atoms with Crippen molar-refractivity contribution in [3.05, 3.63) is 59.2 Å². The van der Waals surface area contributed by atoms with Gasteiger partial charge in [-0.2, -0.15) is 0 Å². The van der Waals surface area contributed by atoms with E-state index >= 15 is 0 Å². The fraction of sp³-hybridized carbons (Fsp3) is 0.350. The standard InChI is InChI=1S/C20H24O3/c1-4-5-6-13-22-18-11-9-17(10-12-18)20(21)23-19-14-15(2)7-8-16(19)3/h7-12,14H,4-6,13H2,1-3H3. The lowest BCUT2D eigenvalue weighted by atomic mass is 10.1. The maximum atomic E-state index is 12.2. The van der Waals surface area contributed by atoms with Gasteiger partial charge in [0.1, 0.15) is 11.5 Å². The topological polar surface area (TPSA) is 35.5 Å². The minimum atomic E-state index is -0.351. The molecule has 0 aliphatic rings. The lowest BCUT2D eigenvalue weighted by molar-refractivity contribution is 0.0733. The summed E-state index contributed by atoms with van der Waals surface area (Å²) in [6.07, 6.45) is 3.39. The molecule has 0 spiro atoms. The fourth-order valence-electron chi connectivity index (χ4n) is 2.21. The summed E-state index contributed by atoms with van der Waals surface area (Å²) in [5.74, 6) is 1.04. The first-order valence-corrected chi connectivity index (χ1v) is 8.12. The van der Waals surface area contributed by atoms with Crippen molar-refractivity contribution in [1.82, 2.24) is 0 Å². The van der Waals surface area contributed by atoms with Crippen LogP contribution < -0.4 is 9.47 Å². The number of carbonyl (C=O) groups is 1. The van der Waals surface area contributed by atoms with Crippen LogP contribution in [-0.2, 0) is 0 Å². The molecule has 0 aliphatic heterocycles. The zero-order valence-corrected chi connectivity index (χ0v) is 14.1. The van der Waals surface area contributed by atoms with E-state index in [1.807, 2.05) is 44.2 Å². The summed E-state index contributed by atoms with van der Waals surface area (Å²) in [6, 6.07) is 12.9. The van der Waals surface area contributed by atoms with Gasteiger partial charge in [0.15, 0.2) is 0 Å². The molecule has 0 bridgehead atoms. The molecule has 0 saturated carbocycles. The monoisotopic (exact) mass is 312 g/mol. The quantitative estimate of drug-likeness (QED) is 0.406. The predicted octanol–water partition coefficient (Wildman–Crippen LogP) is 5.09. The molecule has 2 aromatic carbocycles. The van der Waals surface area contributed by atoms with Crippen molar-refractivity contribution in [2.24, 2.45) is 0 Å². The lowest BCUT2D eigenvalue weighted by Crippen LogP contribution is -2.09. The van der Waals surface area contributed by atoms with Crippen molar-refractivity contribution >= 4 is 5.97 Å². The Balaban J connectivity index is 1.96. The average molecular weight is 312 g/mol. The van der Waals surface area contributed by atoms with Crippen LogP contribution >= 0.6 is 0 Å². The number of aryl methyl sites for hydroxylation is 2. The van der Waals surface area contributed by atoms with E-state index < -0.39 is 0 Å². The maximum Gasteiger partial charge on any atom is 0.343 e. The molecule has 23 heavy (non-hydrogen) atoms. The molecule has 0 radical (unpaired) electrons. The second kappa shape index (κ2) is 8.37. The third-order valence-electron chi connectivity index (χ3n) is 3.65. The highest BCUT2D eigenvalue weighted by Crippen LogP contribution is 2.21. The first-order chi connectivity index (χ1) is 11.1. The van der Waals surface area contributed by atoms with Gasteiger partial charge >= 0.3 is 5.97 Å². The van der Waals surface area contributed by atoms with Crippen LogP contribution in [0.4, 0.5) is 0 Å². The number of carbonyl (C=O) groups excluding carboxylic acids is 1. The van der Waals surface area contributed by atoms with Crippen molar-refractivity contribution in [1.29, 1.82) is 0 Å². The normalized spacial score (nSPS) is 10.4. The van der Waals surface area contributed by atoms with Gasteiger partial charge in [0.2, 0.25) is 0 Å². The van der Waals surface area contributed by atoms with Crippen LogP contribution in [0.25, 0.3) is 0 Å². The molecule has 0 N–H and O–H groups in total. The van der Waals surface area contributed by atoms with Crippen molar-refractivity contribution in [3.8, 4) is 11.5 Å². The van der Waals surface area contributed by atoms with E-state index in [1.54, 1.807) is 12.1 Å². The smallest absolute Gasteiger partial charge is 0.343 e. The number of rotatable bonds is 7. The van der Waals surface area contributed by atoms with Gasteiger partial charge in [0, 0.05) is 0 Å². The van der Waals surface area contributed by atoms with Gasteiger partial charge in [0.05, 0.1) is 12.2 Å². The minimum Gasteiger partial charge on any atom is -0.494 e. The Kier molecular flexibility index (Phi) is 6.21. The first kappa shape index (κ1) is 17.1. The molecule has 0 amide bonds. The zero-order chi connectivity index (χ0) is 16.7.